The molecule has 5 rings (SSSR count). The Morgan fingerprint density at radius 3 is 2.61 bits per heavy atom. The smallest absolute Gasteiger partial charge is 0.407 e. The molecule has 0 bridgehead atoms. The molecule has 0 aromatic carbocycles. The Balaban J connectivity index is 1.32. The SMILES string of the molecule is CC(C)(C)OC(=O)N[C@@H]1C[C@@H](F)CN(c2ccn3ncc(C(=O)Nc4cn(C5CCC(CC=O)CC5)nc4C(F)F)c3n2)C1. The Kier molecular flexibility index (Phi) is 9.11. The van der Waals surface area contributed by atoms with Gasteiger partial charge < -0.3 is 25.1 Å². The fraction of sp³-hybridized carbons (Fsp3) is 0.586. The van der Waals surface area contributed by atoms with Crippen LogP contribution in [0, 0.1) is 5.92 Å². The minimum Gasteiger partial charge on any atom is -0.444 e. The third kappa shape index (κ3) is 7.30. The lowest BCUT2D eigenvalue weighted by atomic mass is 9.84. The maximum Gasteiger partial charge on any atom is 0.407 e. The maximum atomic E-state index is 14.7. The molecule has 0 radical (unpaired) electrons. The highest BCUT2D eigenvalue weighted by Crippen LogP contribution is 2.35. The molecule has 2 N–H and O–H groups in total. The number of halogens is 3. The van der Waals surface area contributed by atoms with E-state index in [0.717, 1.165) is 19.1 Å². The van der Waals surface area contributed by atoms with E-state index in [1.54, 1.807) is 37.9 Å². The number of hydrogen-bond donors (Lipinski definition) is 2. The third-order valence-corrected chi connectivity index (χ3v) is 7.88. The van der Waals surface area contributed by atoms with Crippen molar-refractivity contribution in [1.29, 1.82) is 0 Å². The molecule has 1 saturated carbocycles. The van der Waals surface area contributed by atoms with Crippen LogP contribution in [0.4, 0.5) is 29.5 Å². The number of nitrogens with one attached hydrogen (secondary N) is 2. The molecule has 1 aliphatic carbocycles. The minimum absolute atomic E-state index is 0.0271. The fourth-order valence-corrected chi connectivity index (χ4v) is 5.82. The van der Waals surface area contributed by atoms with E-state index >= 15 is 0 Å². The zero-order chi connectivity index (χ0) is 31.6. The van der Waals surface area contributed by atoms with Crippen LogP contribution in [0.15, 0.2) is 24.7 Å². The second-order valence-electron chi connectivity index (χ2n) is 12.4. The van der Waals surface area contributed by atoms with Gasteiger partial charge >= 0.3 is 6.09 Å². The van der Waals surface area contributed by atoms with E-state index in [1.807, 2.05) is 0 Å². The number of nitrogens with zero attached hydrogens (tertiary/aromatic N) is 6. The van der Waals surface area contributed by atoms with Crippen molar-refractivity contribution in [3.05, 3.63) is 35.9 Å². The van der Waals surface area contributed by atoms with Crippen LogP contribution in [0.5, 0.6) is 0 Å². The van der Waals surface area contributed by atoms with E-state index in [1.165, 1.54) is 21.6 Å². The van der Waals surface area contributed by atoms with E-state index < -0.39 is 41.9 Å². The van der Waals surface area contributed by atoms with E-state index in [2.05, 4.69) is 25.8 Å². The Bertz CT molecular complexity index is 1500. The average Bonchev–Trinajstić information content (AvgIpc) is 3.56. The van der Waals surface area contributed by atoms with Crippen molar-refractivity contribution < 1.29 is 32.3 Å². The number of carbonyl (C=O) groups is 3. The molecular formula is C29H37F3N8O4. The number of hydrogen-bond acceptors (Lipinski definition) is 8. The molecule has 2 atom stereocenters. The molecule has 15 heteroatoms. The van der Waals surface area contributed by atoms with Gasteiger partial charge in [0.15, 0.2) is 11.3 Å². The summed E-state index contributed by atoms with van der Waals surface area (Å²) in [6.45, 7) is 5.49. The number of aromatic nitrogens is 5. The normalized spacial score (nSPS) is 22.7. The lowest BCUT2D eigenvalue weighted by Gasteiger charge is -2.36. The van der Waals surface area contributed by atoms with Crippen molar-refractivity contribution in [1.82, 2.24) is 29.7 Å². The van der Waals surface area contributed by atoms with Crippen LogP contribution in [0.2, 0.25) is 0 Å². The first kappa shape index (κ1) is 31.3. The van der Waals surface area contributed by atoms with Crippen molar-refractivity contribution in [2.75, 3.05) is 23.3 Å². The number of anilines is 2. The molecular weight excluding hydrogens is 581 g/mol. The molecule has 238 valence electrons. The van der Waals surface area contributed by atoms with Crippen LogP contribution in [0.3, 0.4) is 0 Å². The summed E-state index contributed by atoms with van der Waals surface area (Å²) in [4.78, 5) is 42.7. The van der Waals surface area contributed by atoms with Gasteiger partial charge in [0.1, 0.15) is 29.4 Å². The first-order valence-electron chi connectivity index (χ1n) is 14.7. The molecule has 4 heterocycles. The Morgan fingerprint density at radius 1 is 1.18 bits per heavy atom. The van der Waals surface area contributed by atoms with Gasteiger partial charge in [0, 0.05) is 31.8 Å². The molecule has 2 amide bonds. The molecule has 0 unspecified atom stereocenters. The predicted molar refractivity (Wildman–Crippen MR) is 155 cm³/mol. The van der Waals surface area contributed by atoms with Gasteiger partial charge in [-0.1, -0.05) is 0 Å². The highest BCUT2D eigenvalue weighted by Gasteiger charge is 2.31. The van der Waals surface area contributed by atoms with Gasteiger partial charge in [-0.25, -0.2) is 27.5 Å². The highest BCUT2D eigenvalue weighted by molar-refractivity contribution is 6.08. The number of fused-ring (bicyclic) bond motifs is 1. The predicted octanol–water partition coefficient (Wildman–Crippen LogP) is 4.88. The highest BCUT2D eigenvalue weighted by atomic mass is 19.3. The Morgan fingerprint density at radius 2 is 1.93 bits per heavy atom. The second-order valence-corrected chi connectivity index (χ2v) is 12.4. The molecule has 1 saturated heterocycles. The van der Waals surface area contributed by atoms with Gasteiger partial charge in [-0.3, -0.25) is 9.48 Å². The quantitative estimate of drug-likeness (QED) is 0.341. The van der Waals surface area contributed by atoms with Crippen molar-refractivity contribution in [3.8, 4) is 0 Å². The first-order chi connectivity index (χ1) is 20.9. The zero-order valence-electron chi connectivity index (χ0n) is 24.9. The first-order valence-corrected chi connectivity index (χ1v) is 14.7. The average molecular weight is 619 g/mol. The minimum atomic E-state index is -2.92. The number of rotatable bonds is 8. The molecule has 2 fully saturated rings. The van der Waals surface area contributed by atoms with Gasteiger partial charge in [-0.05, 0) is 58.4 Å². The van der Waals surface area contributed by atoms with Gasteiger partial charge in [0.2, 0.25) is 0 Å². The van der Waals surface area contributed by atoms with Crippen molar-refractivity contribution in [3.63, 3.8) is 0 Å². The number of piperidine rings is 1. The summed E-state index contributed by atoms with van der Waals surface area (Å²) in [5.41, 5.74) is -1.17. The summed E-state index contributed by atoms with van der Waals surface area (Å²) in [5, 5.41) is 13.5. The van der Waals surface area contributed by atoms with E-state index in [9.17, 15) is 27.6 Å². The molecule has 3 aromatic rings. The van der Waals surface area contributed by atoms with Crippen LogP contribution in [-0.4, -0.2) is 73.6 Å². The summed E-state index contributed by atoms with van der Waals surface area (Å²) < 4.78 is 50.7. The van der Waals surface area contributed by atoms with Gasteiger partial charge in [-0.15, -0.1) is 0 Å². The number of amides is 2. The van der Waals surface area contributed by atoms with Gasteiger partial charge in [0.05, 0.1) is 30.5 Å². The monoisotopic (exact) mass is 618 g/mol. The molecule has 12 nitrogen and oxygen atoms in total. The number of ether oxygens (including phenoxy) is 1. The van der Waals surface area contributed by atoms with Crippen LogP contribution in [-0.2, 0) is 9.53 Å². The van der Waals surface area contributed by atoms with Crippen LogP contribution >= 0.6 is 0 Å². The van der Waals surface area contributed by atoms with Crippen molar-refractivity contribution in [2.24, 2.45) is 5.92 Å². The van der Waals surface area contributed by atoms with Gasteiger partial charge in [0.25, 0.3) is 12.3 Å². The number of carbonyl (C=O) groups excluding carboxylic acids is 3. The topological polar surface area (TPSA) is 136 Å². The zero-order valence-corrected chi connectivity index (χ0v) is 24.9. The van der Waals surface area contributed by atoms with Crippen LogP contribution in [0.1, 0.15) is 87.8 Å². The number of aldehydes is 1. The molecule has 2 aliphatic rings. The van der Waals surface area contributed by atoms with E-state index in [0.29, 0.717) is 25.1 Å². The number of alkyl halides is 3. The van der Waals surface area contributed by atoms with Crippen molar-refractivity contribution >= 4 is 35.4 Å². The molecule has 1 aliphatic heterocycles. The summed E-state index contributed by atoms with van der Waals surface area (Å²) >= 11 is 0. The van der Waals surface area contributed by atoms with Gasteiger partial charge in [-0.2, -0.15) is 10.2 Å². The molecule has 0 spiro atoms. The summed E-state index contributed by atoms with van der Waals surface area (Å²) in [6.07, 6.45) is 3.94. The van der Waals surface area contributed by atoms with Crippen LogP contribution < -0.4 is 15.5 Å². The lowest BCUT2D eigenvalue weighted by molar-refractivity contribution is -0.108. The van der Waals surface area contributed by atoms with E-state index in [-0.39, 0.29) is 48.4 Å². The standard InChI is InChI=1S/C29H37F3N8O4/c1-29(2,3)44-28(43)34-19-12-18(30)14-38(15-19)23-8-10-39-26(36-23)21(13-33-39)27(42)35-22-16-40(37-24(22)25(31)32)20-6-4-17(5-7-20)9-11-41/h8,10-11,13,16-20,25H,4-7,9,12,14-15H2,1-3H3,(H,34,43)(H,35,42)/t17?,18-,19-,20?/m1/s1. The summed E-state index contributed by atoms with van der Waals surface area (Å²) in [5.74, 6) is -0.0575. The summed E-state index contributed by atoms with van der Waals surface area (Å²) in [7, 11) is 0. The number of alkyl carbamates (subject to hydrolysis) is 1. The molecule has 44 heavy (non-hydrogen) atoms. The third-order valence-electron chi connectivity index (χ3n) is 7.88. The summed E-state index contributed by atoms with van der Waals surface area (Å²) in [6, 6.07) is 0.968. The lowest BCUT2D eigenvalue weighted by Crippen LogP contribution is -2.52. The second kappa shape index (κ2) is 12.8. The van der Waals surface area contributed by atoms with E-state index in [4.69, 9.17) is 4.74 Å². The Hall–Kier alpha value is -4.17. The largest absolute Gasteiger partial charge is 0.444 e. The van der Waals surface area contributed by atoms with Crippen LogP contribution in [0.25, 0.3) is 5.65 Å². The Labute approximate surface area is 252 Å². The maximum absolute atomic E-state index is 14.7. The van der Waals surface area contributed by atoms with Crippen molar-refractivity contribution in [2.45, 2.75) is 89.6 Å². The molecule has 3 aromatic heterocycles. The fourth-order valence-electron chi connectivity index (χ4n) is 5.82.